The van der Waals surface area contributed by atoms with Crippen molar-refractivity contribution in [2.24, 2.45) is 0 Å². The van der Waals surface area contributed by atoms with E-state index in [-0.39, 0.29) is 12.1 Å². The minimum absolute atomic E-state index is 0. The molecule has 0 aliphatic heterocycles. The number of hydrogen-bond acceptors (Lipinski definition) is 2. The maximum atomic E-state index is 4.69. The Morgan fingerprint density at radius 3 is 1.22 bits per heavy atom. The molecule has 0 saturated carbocycles. The Morgan fingerprint density at radius 1 is 0.325 bits per heavy atom. The average molecular weight is 1270 g/mol. The summed E-state index contributed by atoms with van der Waals surface area (Å²) in [5, 5.41) is 7.62. The summed E-state index contributed by atoms with van der Waals surface area (Å²) in [6.45, 7) is 4.18. The summed E-state index contributed by atoms with van der Waals surface area (Å²) in [4.78, 5) is 9.08. The Bertz CT molecular complexity index is 4830. The van der Waals surface area contributed by atoms with Crippen LogP contribution in [0.25, 0.3) is 116 Å². The molecule has 0 unspecified atom stereocenters. The first-order valence-corrected chi connectivity index (χ1v) is 29.4. The van der Waals surface area contributed by atoms with Crippen molar-refractivity contribution in [3.05, 3.63) is 291 Å². The zero-order chi connectivity index (χ0) is 54.7. The number of aryl methyl sites for hydroxylation is 2. The average Bonchev–Trinajstić information content (AvgIpc) is 3.20. The van der Waals surface area contributed by atoms with Crippen molar-refractivity contribution in [1.29, 1.82) is 0 Å². The van der Waals surface area contributed by atoms with Gasteiger partial charge in [0.1, 0.15) is 0 Å². The molecule has 0 spiro atoms. The molecule has 9 heteroatoms. The molecule has 1 aliphatic carbocycles. The maximum absolute atomic E-state index is 4.69. The van der Waals surface area contributed by atoms with Crippen LogP contribution in [0, 0.1) is 13.8 Å². The lowest BCUT2D eigenvalue weighted by molar-refractivity contribution is 1.11. The summed E-state index contributed by atoms with van der Waals surface area (Å²) < 4.78 is 10.3. The molecule has 0 radical (unpaired) electrons. The van der Waals surface area contributed by atoms with Crippen molar-refractivity contribution < 1.29 is 4.70 Å². The first-order valence-electron chi connectivity index (χ1n) is 27.1. The molecule has 0 atom stereocenters. The number of halogens is 4. The molecule has 16 rings (SSSR count). The molecule has 83 heavy (non-hydrogen) atoms. The van der Waals surface area contributed by atoms with E-state index in [1.165, 1.54) is 98.9 Å². The van der Waals surface area contributed by atoms with E-state index in [0.29, 0.717) is 0 Å². The van der Waals surface area contributed by atoms with Crippen LogP contribution < -0.4 is 0 Å². The molecule has 404 valence electrons. The van der Waals surface area contributed by atoms with E-state index in [0.717, 1.165) is 59.3 Å². The molecule has 10 aromatic carbocycles. The molecular weight excluding hydrogens is 1220 g/mol. The van der Waals surface area contributed by atoms with Gasteiger partial charge in [0.05, 0.1) is 44.5 Å². The van der Waals surface area contributed by atoms with Crippen LogP contribution in [0.5, 0.6) is 0 Å². The lowest BCUT2D eigenvalue weighted by Crippen LogP contribution is -1.97. The molecule has 15 aromatic rings. The third-order valence-corrected chi connectivity index (χ3v) is 17.1. The van der Waals surface area contributed by atoms with Gasteiger partial charge in [-0.3, -0.25) is 14.7 Å². The number of para-hydroxylation sites is 5. The second kappa shape index (κ2) is 22.9. The lowest BCUT2D eigenvalue weighted by Gasteiger charge is -2.13. The van der Waals surface area contributed by atoms with Crippen molar-refractivity contribution in [2.45, 2.75) is 27.7 Å². The standard InChI is InChI=1S/C36H24BrN3.C25H17N.C12H9Br2N.CH4.FH/c1-23-9-8-18-38-36(23)24-19-25(37)21-27(20-24)40-34-15-7-4-12-30(34)31-22-26(16-17-35(31)40)39-32-13-5-2-10-28(32)29-11-3-6-14-33(29)39;1-2-8-20-17(7-1)15-18-13-14-19(16-23(18)20)26-24-11-5-3-9-21(24)22-10-4-6-12-25(22)26;1-8-3-2-4-15-12(8)9-5-10(13)7-11(14)6-9;;/h2-22H,1H3;1-14,16H,15H2;2-7H,1H3;1H4;1H. The fourth-order valence-electron chi connectivity index (χ4n) is 12.1. The highest BCUT2D eigenvalue weighted by Crippen LogP contribution is 2.41. The van der Waals surface area contributed by atoms with Crippen LogP contribution in [0.3, 0.4) is 0 Å². The summed E-state index contributed by atoms with van der Waals surface area (Å²) in [5.74, 6) is 0. The predicted octanol–water partition coefficient (Wildman–Crippen LogP) is 21.7. The third-order valence-electron chi connectivity index (χ3n) is 15.7. The minimum Gasteiger partial charge on any atom is -0.309 e. The summed E-state index contributed by atoms with van der Waals surface area (Å²) in [7, 11) is 0. The van der Waals surface area contributed by atoms with Gasteiger partial charge in [-0.15, -0.1) is 0 Å². The maximum Gasteiger partial charge on any atom is 0.0732 e. The largest absolute Gasteiger partial charge is 0.309 e. The highest BCUT2D eigenvalue weighted by molar-refractivity contribution is 9.11. The van der Waals surface area contributed by atoms with Crippen LogP contribution in [0.4, 0.5) is 4.70 Å². The van der Waals surface area contributed by atoms with E-state index in [1.54, 1.807) is 0 Å². The monoisotopic (exact) mass is 1270 g/mol. The number of aromatic nitrogens is 5. The van der Waals surface area contributed by atoms with E-state index in [4.69, 9.17) is 4.98 Å². The molecule has 1 aliphatic rings. The Hall–Kier alpha value is -8.73. The molecule has 0 bridgehead atoms. The van der Waals surface area contributed by atoms with Gasteiger partial charge in [0.2, 0.25) is 0 Å². The van der Waals surface area contributed by atoms with Gasteiger partial charge in [-0.2, -0.15) is 0 Å². The molecule has 0 fully saturated rings. The fraction of sp³-hybridized carbons (Fsp3) is 0.0541. The Labute approximate surface area is 506 Å². The van der Waals surface area contributed by atoms with Crippen LogP contribution in [-0.2, 0) is 6.42 Å². The van der Waals surface area contributed by atoms with Crippen LogP contribution in [0.15, 0.2) is 268 Å². The van der Waals surface area contributed by atoms with E-state index >= 15 is 0 Å². The summed E-state index contributed by atoms with van der Waals surface area (Å²) in [6.07, 6.45) is 4.72. The predicted molar refractivity (Wildman–Crippen MR) is 359 cm³/mol. The number of pyridine rings is 2. The van der Waals surface area contributed by atoms with Gasteiger partial charge in [-0.05, 0) is 163 Å². The van der Waals surface area contributed by atoms with Gasteiger partial charge in [0.15, 0.2) is 0 Å². The van der Waals surface area contributed by atoms with E-state index < -0.39 is 0 Å². The quantitative estimate of drug-likeness (QED) is 0.172. The fourth-order valence-corrected chi connectivity index (χ4v) is 13.9. The molecule has 0 saturated heterocycles. The first-order chi connectivity index (χ1) is 39.7. The second-order valence-electron chi connectivity index (χ2n) is 20.7. The summed E-state index contributed by atoms with van der Waals surface area (Å²) in [6, 6.07) is 86.8. The zero-order valence-electron chi connectivity index (χ0n) is 44.7. The second-order valence-corrected chi connectivity index (χ2v) is 23.4. The topological polar surface area (TPSA) is 40.6 Å². The first kappa shape index (κ1) is 54.8. The Kier molecular flexibility index (Phi) is 15.1. The third kappa shape index (κ3) is 9.96. The van der Waals surface area contributed by atoms with Crippen molar-refractivity contribution in [3.63, 3.8) is 0 Å². The number of hydrogen-bond donors (Lipinski definition) is 0. The Morgan fingerprint density at radius 2 is 0.711 bits per heavy atom. The van der Waals surface area contributed by atoms with Gasteiger partial charge < -0.3 is 13.7 Å². The molecular formula is C74H55Br3FN5. The zero-order valence-corrected chi connectivity index (χ0v) is 49.5. The van der Waals surface area contributed by atoms with Gasteiger partial charge in [0.25, 0.3) is 0 Å². The van der Waals surface area contributed by atoms with Crippen LogP contribution in [0.2, 0.25) is 0 Å². The van der Waals surface area contributed by atoms with Gasteiger partial charge in [0, 0.05) is 86.3 Å². The van der Waals surface area contributed by atoms with Crippen molar-refractivity contribution in [2.75, 3.05) is 0 Å². The lowest BCUT2D eigenvalue weighted by atomic mass is 10.1. The van der Waals surface area contributed by atoms with Crippen molar-refractivity contribution in [3.8, 4) is 50.7 Å². The molecule has 5 aromatic heterocycles. The highest BCUT2D eigenvalue weighted by atomic mass is 79.9. The molecule has 5 heterocycles. The number of nitrogens with zero attached hydrogens (tertiary/aromatic N) is 5. The van der Waals surface area contributed by atoms with Gasteiger partial charge in [-0.1, -0.05) is 189 Å². The van der Waals surface area contributed by atoms with Gasteiger partial charge >= 0.3 is 0 Å². The smallest absolute Gasteiger partial charge is 0.0732 e. The SMILES string of the molecule is C.Cc1cccnc1-c1cc(Br)cc(-n2c3ccccc3c3cc(-n4c5ccccc5c5ccccc54)ccc32)c1.Cc1cccnc1-c1cc(Br)cc(Br)c1.F.c1ccc2c(c1)Cc1ccc(-n3c4ccccc4c4ccccc43)cc1-2. The van der Waals surface area contributed by atoms with E-state index in [1.807, 2.05) is 30.6 Å². The normalized spacial score (nSPS) is 11.4. The van der Waals surface area contributed by atoms with E-state index in [9.17, 15) is 0 Å². The molecule has 0 N–H and O–H groups in total. The molecule has 5 nitrogen and oxygen atoms in total. The summed E-state index contributed by atoms with van der Waals surface area (Å²) >= 11 is 10.7. The van der Waals surface area contributed by atoms with E-state index in [2.05, 4.69) is 305 Å². The Balaban J connectivity index is 0.000000135. The van der Waals surface area contributed by atoms with Gasteiger partial charge in [-0.25, -0.2) is 0 Å². The van der Waals surface area contributed by atoms with Crippen LogP contribution >= 0.6 is 47.8 Å². The number of rotatable bonds is 5. The number of benzene rings is 10. The number of fused-ring (bicyclic) bond motifs is 12. The van der Waals surface area contributed by atoms with Crippen molar-refractivity contribution in [1.82, 2.24) is 23.7 Å². The highest BCUT2D eigenvalue weighted by Gasteiger charge is 2.21. The van der Waals surface area contributed by atoms with Crippen LogP contribution in [0.1, 0.15) is 29.7 Å². The molecule has 0 amide bonds. The van der Waals surface area contributed by atoms with Crippen LogP contribution in [-0.4, -0.2) is 23.7 Å². The van der Waals surface area contributed by atoms with Crippen molar-refractivity contribution >= 4 is 113 Å². The summed E-state index contributed by atoms with van der Waals surface area (Å²) in [5.41, 5.74) is 23.0. The minimum atomic E-state index is 0.